The van der Waals surface area contributed by atoms with Gasteiger partial charge in [0.15, 0.2) is 0 Å². The number of likely N-dealkylation sites (N-methyl/N-ethyl adjacent to an activating group) is 2. The third kappa shape index (κ3) is 9.81. The number of benzene rings is 2. The molecule has 7 rings (SSSR count). The molecule has 2 amide bonds. The summed E-state index contributed by atoms with van der Waals surface area (Å²) in [4.78, 5) is 45.5. The van der Waals surface area contributed by atoms with Gasteiger partial charge < -0.3 is 36.1 Å². The van der Waals surface area contributed by atoms with Crippen molar-refractivity contribution in [2.45, 2.75) is 50.2 Å². The van der Waals surface area contributed by atoms with E-state index >= 15 is 0 Å². The fraction of sp³-hybridized carbons (Fsp3) is 0.450. The van der Waals surface area contributed by atoms with Crippen LogP contribution >= 0.6 is 11.6 Å². The largest absolute Gasteiger partial charge is 0.360 e. The quantitative estimate of drug-likeness (QED) is 0.140. The molecule has 2 aromatic heterocycles. The Labute approximate surface area is 316 Å². The van der Waals surface area contributed by atoms with E-state index in [0.29, 0.717) is 34.0 Å². The van der Waals surface area contributed by atoms with Gasteiger partial charge in [-0.15, -0.1) is 0 Å². The Kier molecular flexibility index (Phi) is 12.0. The van der Waals surface area contributed by atoms with Gasteiger partial charge in [-0.25, -0.2) is 9.97 Å². The van der Waals surface area contributed by atoms with E-state index < -0.39 is 0 Å². The van der Waals surface area contributed by atoms with Crippen molar-refractivity contribution in [3.05, 3.63) is 83.2 Å². The number of aromatic nitrogens is 3. The van der Waals surface area contributed by atoms with Gasteiger partial charge in [-0.3, -0.25) is 14.5 Å². The number of carbonyl (C=O) groups is 2. The van der Waals surface area contributed by atoms with Crippen molar-refractivity contribution in [2.75, 3.05) is 77.1 Å². The molecule has 0 spiro atoms. The van der Waals surface area contributed by atoms with Crippen LogP contribution < -0.4 is 21.3 Å². The van der Waals surface area contributed by atoms with Crippen molar-refractivity contribution in [3.8, 4) is 11.3 Å². The van der Waals surface area contributed by atoms with E-state index in [9.17, 15) is 9.59 Å². The van der Waals surface area contributed by atoms with E-state index in [0.717, 1.165) is 101 Å². The van der Waals surface area contributed by atoms with Gasteiger partial charge in [-0.05, 0) is 82.1 Å². The van der Waals surface area contributed by atoms with E-state index in [4.69, 9.17) is 16.6 Å². The Morgan fingerprint density at radius 1 is 1.00 bits per heavy atom. The van der Waals surface area contributed by atoms with Crippen molar-refractivity contribution in [1.82, 2.24) is 40.3 Å². The molecule has 280 valence electrons. The van der Waals surface area contributed by atoms with Crippen LogP contribution in [0.25, 0.3) is 22.2 Å². The summed E-state index contributed by atoms with van der Waals surface area (Å²) in [6.45, 7) is 8.00. The number of rotatable bonds is 11. The third-order valence-electron chi connectivity index (χ3n) is 10.7. The molecule has 53 heavy (non-hydrogen) atoms. The number of anilines is 2. The van der Waals surface area contributed by atoms with Crippen molar-refractivity contribution in [3.63, 3.8) is 0 Å². The van der Waals surface area contributed by atoms with Crippen LogP contribution in [0.2, 0.25) is 5.02 Å². The maximum Gasteiger partial charge on any atom is 0.251 e. The van der Waals surface area contributed by atoms with Gasteiger partial charge in [0.1, 0.15) is 0 Å². The summed E-state index contributed by atoms with van der Waals surface area (Å²) < 4.78 is 0. The Hall–Kier alpha value is -4.33. The third-order valence-corrected chi connectivity index (χ3v) is 10.9. The summed E-state index contributed by atoms with van der Waals surface area (Å²) >= 11 is 6.67. The summed E-state index contributed by atoms with van der Waals surface area (Å²) in [6.07, 6.45) is 11.7. The topological polar surface area (TPSA) is 134 Å². The van der Waals surface area contributed by atoms with Crippen LogP contribution in [0.5, 0.6) is 0 Å². The van der Waals surface area contributed by atoms with Crippen molar-refractivity contribution in [1.29, 1.82) is 0 Å². The van der Waals surface area contributed by atoms with Crippen LogP contribution in [-0.2, 0) is 11.2 Å². The lowest BCUT2D eigenvalue weighted by molar-refractivity contribution is -0.111. The highest BCUT2D eigenvalue weighted by Crippen LogP contribution is 2.33. The molecule has 3 aliphatic rings. The molecule has 3 atom stereocenters. The number of piperazine rings is 2. The van der Waals surface area contributed by atoms with Crippen molar-refractivity contribution in [2.24, 2.45) is 0 Å². The van der Waals surface area contributed by atoms with Crippen molar-refractivity contribution < 1.29 is 9.59 Å². The van der Waals surface area contributed by atoms with Crippen LogP contribution in [0.15, 0.2) is 67.0 Å². The Morgan fingerprint density at radius 3 is 2.62 bits per heavy atom. The van der Waals surface area contributed by atoms with Crippen molar-refractivity contribution >= 4 is 46.0 Å². The van der Waals surface area contributed by atoms with Crippen LogP contribution in [0, 0.1) is 0 Å². The monoisotopic (exact) mass is 738 g/mol. The number of fused-ring (bicyclic) bond motifs is 1. The molecular weight excluding hydrogens is 688 g/mol. The van der Waals surface area contributed by atoms with Gasteiger partial charge in [-0.1, -0.05) is 29.8 Å². The molecule has 2 aromatic carbocycles. The number of hydrogen-bond donors (Lipinski definition) is 5. The first-order chi connectivity index (χ1) is 25.8. The van der Waals surface area contributed by atoms with Crippen LogP contribution in [0.4, 0.5) is 11.6 Å². The Balaban J connectivity index is 0.911. The number of nitrogens with one attached hydrogen (secondary N) is 5. The molecule has 12 nitrogen and oxygen atoms in total. The SMILES string of the molecule is CN1CCN(C/C=C/C(=O)Nc2ccc(C(=O)N[C@H]3CCC[C@@H](Nc4ncc(Cl)c(-c5c[nH]c6cc(CC7CN(C)CCN7)ccc56)n4)C3)cc2)CC1. The Morgan fingerprint density at radius 2 is 1.81 bits per heavy atom. The lowest BCUT2D eigenvalue weighted by Gasteiger charge is -2.31. The molecule has 1 saturated carbocycles. The summed E-state index contributed by atoms with van der Waals surface area (Å²) in [6, 6.07) is 14.2. The van der Waals surface area contributed by atoms with E-state index in [-0.39, 0.29) is 23.9 Å². The summed E-state index contributed by atoms with van der Waals surface area (Å²) in [5.41, 5.74) is 5.17. The second kappa shape index (κ2) is 17.2. The molecule has 4 heterocycles. The fourth-order valence-electron chi connectivity index (χ4n) is 7.67. The first-order valence-corrected chi connectivity index (χ1v) is 19.2. The average Bonchev–Trinajstić information content (AvgIpc) is 3.57. The number of amides is 2. The molecule has 1 unspecified atom stereocenters. The van der Waals surface area contributed by atoms with Gasteiger partial charge in [-0.2, -0.15) is 0 Å². The predicted molar refractivity (Wildman–Crippen MR) is 213 cm³/mol. The Bertz CT molecular complexity index is 1910. The minimum absolute atomic E-state index is 0.0114. The molecule has 5 N–H and O–H groups in total. The number of nitrogens with zero attached hydrogens (tertiary/aromatic N) is 5. The smallest absolute Gasteiger partial charge is 0.251 e. The zero-order valence-electron chi connectivity index (χ0n) is 30.7. The average molecular weight is 739 g/mol. The molecular formula is C40H51ClN10O2. The first-order valence-electron chi connectivity index (χ1n) is 18.9. The highest BCUT2D eigenvalue weighted by Gasteiger charge is 2.25. The van der Waals surface area contributed by atoms with Crippen LogP contribution in [0.3, 0.4) is 0 Å². The number of H-pyrrole nitrogens is 1. The van der Waals surface area contributed by atoms with E-state index in [1.807, 2.05) is 12.3 Å². The lowest BCUT2D eigenvalue weighted by atomic mass is 9.91. The molecule has 13 heteroatoms. The maximum absolute atomic E-state index is 13.2. The minimum atomic E-state index is -0.180. The molecule has 0 bridgehead atoms. The fourth-order valence-corrected chi connectivity index (χ4v) is 7.86. The van der Waals surface area contributed by atoms with Gasteiger partial charge >= 0.3 is 0 Å². The molecule has 2 aliphatic heterocycles. The minimum Gasteiger partial charge on any atom is -0.360 e. The van der Waals surface area contributed by atoms with E-state index in [1.165, 1.54) is 5.56 Å². The maximum atomic E-state index is 13.2. The van der Waals surface area contributed by atoms with Gasteiger partial charge in [0.25, 0.3) is 5.91 Å². The molecule has 1 aliphatic carbocycles. The summed E-state index contributed by atoms with van der Waals surface area (Å²) in [5, 5.41) is 14.8. The van der Waals surface area contributed by atoms with Crippen LogP contribution in [0.1, 0.15) is 41.6 Å². The number of hydrogen-bond acceptors (Lipinski definition) is 9. The van der Waals surface area contributed by atoms with Gasteiger partial charge in [0.05, 0.1) is 16.9 Å². The number of halogens is 1. The second-order valence-electron chi connectivity index (χ2n) is 14.8. The predicted octanol–water partition coefficient (Wildman–Crippen LogP) is 4.62. The highest BCUT2D eigenvalue weighted by molar-refractivity contribution is 6.33. The van der Waals surface area contributed by atoms with E-state index in [2.05, 4.69) is 78.2 Å². The molecule has 3 fully saturated rings. The van der Waals surface area contributed by atoms with Crippen LogP contribution in [-0.4, -0.2) is 126 Å². The number of carbonyl (C=O) groups excluding carboxylic acids is 2. The summed E-state index contributed by atoms with van der Waals surface area (Å²) in [5.74, 6) is 0.211. The van der Waals surface area contributed by atoms with E-state index in [1.54, 1.807) is 36.5 Å². The molecule has 2 saturated heterocycles. The normalized spacial score (nSPS) is 21.9. The van der Waals surface area contributed by atoms with Gasteiger partial charge in [0, 0.05) is 110 Å². The zero-order valence-corrected chi connectivity index (χ0v) is 31.5. The highest BCUT2D eigenvalue weighted by atomic mass is 35.5. The van der Waals surface area contributed by atoms with Gasteiger partial charge in [0.2, 0.25) is 11.9 Å². The zero-order chi connectivity index (χ0) is 36.7. The first kappa shape index (κ1) is 37.0. The number of aromatic amines is 1. The lowest BCUT2D eigenvalue weighted by Crippen LogP contribution is -2.49. The summed E-state index contributed by atoms with van der Waals surface area (Å²) in [7, 11) is 4.30. The molecule has 4 aromatic rings. The molecule has 0 radical (unpaired) electrons. The standard InChI is InChI=1S/C40H51ClN10O2/c1-49-17-19-51(20-18-49)15-4-7-37(52)45-29-11-9-28(10-12-29)39(53)46-30-5-3-6-31(23-30)47-40-44-25-35(41)38(48-40)34-24-43-36-22-27(8-13-33(34)36)21-32-26-50(2)16-14-42-32/h4,7-13,22,24-25,30-32,42-43H,3,5-6,14-21,23,26H2,1-2H3,(H,45,52)(H,46,53)(H,44,47,48)/b7-4+/t30-,31+,32?/m0/s1. The second-order valence-corrected chi connectivity index (χ2v) is 15.2.